The van der Waals surface area contributed by atoms with Gasteiger partial charge in [0.1, 0.15) is 11.3 Å². The van der Waals surface area contributed by atoms with Crippen LogP contribution in [0.5, 0.6) is 0 Å². The Kier molecular flexibility index (Phi) is 4.44. The highest BCUT2D eigenvalue weighted by Gasteiger charge is 2.34. The summed E-state index contributed by atoms with van der Waals surface area (Å²) < 4.78 is 46.0. The number of rotatable bonds is 6. The maximum atomic E-state index is 13.7. The predicted molar refractivity (Wildman–Crippen MR) is 87.6 cm³/mol. The Bertz CT molecular complexity index is 840. The molecule has 0 amide bonds. The summed E-state index contributed by atoms with van der Waals surface area (Å²) in [4.78, 5) is 3.95. The first-order valence-electron chi connectivity index (χ1n) is 7.17. The Hall–Kier alpha value is -1.44. The summed E-state index contributed by atoms with van der Waals surface area (Å²) >= 11 is 6.20. The van der Waals surface area contributed by atoms with E-state index in [4.69, 9.17) is 16.3 Å². The number of methoxy groups -OCH3 is 1. The molecule has 0 saturated heterocycles. The standard InChI is InChI=1S/C15H16ClFN2O3S/c1-22-13(9-5-6-9)8-23(20,21)19-12-7-18-15-10(14(12)16)3-2-4-11(15)17/h2-4,7,9,13,19H,5-6,8H2,1H3. The molecule has 1 aliphatic rings. The summed E-state index contributed by atoms with van der Waals surface area (Å²) in [6.07, 6.45) is 2.85. The molecule has 1 unspecified atom stereocenters. The van der Waals surface area contributed by atoms with Crippen molar-refractivity contribution in [3.63, 3.8) is 0 Å². The number of pyridine rings is 1. The third kappa shape index (κ3) is 3.57. The van der Waals surface area contributed by atoms with Gasteiger partial charge in [0.25, 0.3) is 0 Å². The molecule has 1 aliphatic carbocycles. The number of nitrogens with zero attached hydrogens (tertiary/aromatic N) is 1. The number of para-hydroxylation sites is 1. The van der Waals surface area contributed by atoms with E-state index >= 15 is 0 Å². The average molecular weight is 359 g/mol. The molecule has 8 heteroatoms. The van der Waals surface area contributed by atoms with Gasteiger partial charge >= 0.3 is 0 Å². The highest BCUT2D eigenvalue weighted by atomic mass is 35.5. The predicted octanol–water partition coefficient (Wildman–Crippen LogP) is 3.19. The summed E-state index contributed by atoms with van der Waals surface area (Å²) in [5.41, 5.74) is 0.239. The van der Waals surface area contributed by atoms with Crippen LogP contribution in [0.3, 0.4) is 0 Å². The number of nitrogens with one attached hydrogen (secondary N) is 1. The summed E-state index contributed by atoms with van der Waals surface area (Å²) in [6, 6.07) is 4.36. The molecule has 1 atom stereocenters. The van der Waals surface area contributed by atoms with Gasteiger partial charge in [-0.1, -0.05) is 23.7 Å². The zero-order valence-electron chi connectivity index (χ0n) is 12.4. The van der Waals surface area contributed by atoms with Gasteiger partial charge in [-0.3, -0.25) is 9.71 Å². The van der Waals surface area contributed by atoms with Gasteiger partial charge in [-0.15, -0.1) is 0 Å². The van der Waals surface area contributed by atoms with Crippen LogP contribution in [-0.2, 0) is 14.8 Å². The topological polar surface area (TPSA) is 68.3 Å². The fourth-order valence-corrected chi connectivity index (χ4v) is 4.23. The summed E-state index contributed by atoms with van der Waals surface area (Å²) in [7, 11) is -2.14. The monoisotopic (exact) mass is 358 g/mol. The van der Waals surface area contributed by atoms with Crippen molar-refractivity contribution in [3.8, 4) is 0 Å². The fraction of sp³-hybridized carbons (Fsp3) is 0.400. The van der Waals surface area contributed by atoms with E-state index in [1.807, 2.05) is 0 Å². The van der Waals surface area contributed by atoms with E-state index in [0.717, 1.165) is 12.8 Å². The molecule has 2 aromatic rings. The number of benzene rings is 1. The first-order valence-corrected chi connectivity index (χ1v) is 9.20. The molecular formula is C15H16ClFN2O3S. The number of aromatic nitrogens is 1. The van der Waals surface area contributed by atoms with Gasteiger partial charge < -0.3 is 4.74 Å². The Balaban J connectivity index is 1.87. The van der Waals surface area contributed by atoms with Gasteiger partial charge in [-0.25, -0.2) is 12.8 Å². The number of hydrogen-bond donors (Lipinski definition) is 1. The highest BCUT2D eigenvalue weighted by Crippen LogP contribution is 2.35. The maximum Gasteiger partial charge on any atom is 0.235 e. The minimum atomic E-state index is -3.65. The minimum Gasteiger partial charge on any atom is -0.380 e. The van der Waals surface area contributed by atoms with Gasteiger partial charge in [0.15, 0.2) is 0 Å². The number of halogens is 2. The van der Waals surface area contributed by atoms with Gasteiger partial charge in [0.05, 0.1) is 28.8 Å². The van der Waals surface area contributed by atoms with Gasteiger partial charge in [0.2, 0.25) is 10.0 Å². The Morgan fingerprint density at radius 3 is 2.87 bits per heavy atom. The van der Waals surface area contributed by atoms with E-state index in [2.05, 4.69) is 9.71 Å². The van der Waals surface area contributed by atoms with E-state index in [0.29, 0.717) is 5.39 Å². The second-order valence-electron chi connectivity index (χ2n) is 5.62. The van der Waals surface area contributed by atoms with Crippen molar-refractivity contribution in [1.82, 2.24) is 4.98 Å². The van der Waals surface area contributed by atoms with Crippen molar-refractivity contribution in [1.29, 1.82) is 0 Å². The van der Waals surface area contributed by atoms with Crippen LogP contribution in [-0.4, -0.2) is 32.4 Å². The Labute approximate surface area is 138 Å². The fourth-order valence-electron chi connectivity index (χ4n) is 2.52. The number of ether oxygens (including phenoxy) is 1. The van der Waals surface area contributed by atoms with Crippen LogP contribution < -0.4 is 4.72 Å². The summed E-state index contributed by atoms with van der Waals surface area (Å²) in [5.74, 6) is -0.367. The molecule has 0 aliphatic heterocycles. The molecule has 0 spiro atoms. The molecule has 0 radical (unpaired) electrons. The molecule has 1 fully saturated rings. The number of hydrogen-bond acceptors (Lipinski definition) is 4. The van der Waals surface area contributed by atoms with Crippen LogP contribution in [0.2, 0.25) is 5.02 Å². The third-order valence-corrected chi connectivity index (χ3v) is 5.59. The number of fused-ring (bicyclic) bond motifs is 1. The van der Waals surface area contributed by atoms with Crippen LogP contribution in [0.25, 0.3) is 10.9 Å². The second kappa shape index (κ2) is 6.22. The van der Waals surface area contributed by atoms with Crippen molar-refractivity contribution in [3.05, 3.63) is 35.2 Å². The van der Waals surface area contributed by atoms with Gasteiger partial charge in [-0.05, 0) is 24.8 Å². The van der Waals surface area contributed by atoms with Crippen molar-refractivity contribution in [2.24, 2.45) is 5.92 Å². The molecule has 1 aromatic heterocycles. The molecule has 1 aromatic carbocycles. The van der Waals surface area contributed by atoms with Crippen LogP contribution in [0.15, 0.2) is 24.4 Å². The Morgan fingerprint density at radius 1 is 1.48 bits per heavy atom. The molecule has 5 nitrogen and oxygen atoms in total. The summed E-state index contributed by atoms with van der Waals surface area (Å²) in [5, 5.41) is 0.482. The molecule has 124 valence electrons. The van der Waals surface area contributed by atoms with Crippen molar-refractivity contribution in [2.75, 3.05) is 17.6 Å². The second-order valence-corrected chi connectivity index (χ2v) is 7.76. The van der Waals surface area contributed by atoms with Gasteiger partial charge in [-0.2, -0.15) is 0 Å². The van der Waals surface area contributed by atoms with Crippen LogP contribution >= 0.6 is 11.6 Å². The van der Waals surface area contributed by atoms with E-state index in [1.165, 1.54) is 25.4 Å². The first-order chi connectivity index (χ1) is 10.9. The van der Waals surface area contributed by atoms with Crippen molar-refractivity contribution < 1.29 is 17.5 Å². The SMILES string of the molecule is COC(CS(=O)(=O)Nc1cnc2c(F)cccc2c1Cl)C1CC1. The van der Waals surface area contributed by atoms with E-state index in [9.17, 15) is 12.8 Å². The first kappa shape index (κ1) is 16.4. The van der Waals surface area contributed by atoms with E-state index in [1.54, 1.807) is 6.07 Å². The molecular weight excluding hydrogens is 343 g/mol. The largest absolute Gasteiger partial charge is 0.380 e. The van der Waals surface area contributed by atoms with Crippen LogP contribution in [0, 0.1) is 11.7 Å². The lowest BCUT2D eigenvalue weighted by atomic mass is 10.2. The lowest BCUT2D eigenvalue weighted by Crippen LogP contribution is -2.29. The van der Waals surface area contributed by atoms with Crippen LogP contribution in [0.4, 0.5) is 10.1 Å². The lowest BCUT2D eigenvalue weighted by Gasteiger charge is -2.16. The van der Waals surface area contributed by atoms with Crippen LogP contribution in [0.1, 0.15) is 12.8 Å². The van der Waals surface area contributed by atoms with Crippen molar-refractivity contribution in [2.45, 2.75) is 18.9 Å². The van der Waals surface area contributed by atoms with E-state index in [-0.39, 0.29) is 34.0 Å². The quantitative estimate of drug-likeness (QED) is 0.861. The molecule has 3 rings (SSSR count). The molecule has 1 N–H and O–H groups in total. The zero-order chi connectivity index (χ0) is 16.6. The zero-order valence-corrected chi connectivity index (χ0v) is 14.0. The number of sulfonamides is 1. The highest BCUT2D eigenvalue weighted by molar-refractivity contribution is 7.92. The maximum absolute atomic E-state index is 13.7. The third-order valence-electron chi connectivity index (χ3n) is 3.88. The normalized spacial score (nSPS) is 16.5. The smallest absolute Gasteiger partial charge is 0.235 e. The van der Waals surface area contributed by atoms with E-state index < -0.39 is 15.8 Å². The molecule has 0 bridgehead atoms. The Morgan fingerprint density at radius 2 is 2.22 bits per heavy atom. The number of anilines is 1. The van der Waals surface area contributed by atoms with Gasteiger partial charge in [0, 0.05) is 12.5 Å². The molecule has 23 heavy (non-hydrogen) atoms. The van der Waals surface area contributed by atoms with Crippen molar-refractivity contribution >= 4 is 38.2 Å². The average Bonchev–Trinajstić information content (AvgIpc) is 3.33. The molecule has 1 saturated carbocycles. The minimum absolute atomic E-state index is 0.105. The summed E-state index contributed by atoms with van der Waals surface area (Å²) in [6.45, 7) is 0. The lowest BCUT2D eigenvalue weighted by molar-refractivity contribution is 0.103. The molecule has 1 heterocycles.